The summed E-state index contributed by atoms with van der Waals surface area (Å²) < 4.78 is 0.841. The zero-order chi connectivity index (χ0) is 13.5. The van der Waals surface area contributed by atoms with Crippen LogP contribution < -0.4 is 4.90 Å². The van der Waals surface area contributed by atoms with Crippen LogP contribution in [0.3, 0.4) is 0 Å². The molecule has 0 amide bonds. The van der Waals surface area contributed by atoms with Crippen LogP contribution in [0.4, 0.5) is 5.69 Å². The highest BCUT2D eigenvalue weighted by Gasteiger charge is 2.05. The van der Waals surface area contributed by atoms with Gasteiger partial charge in [-0.2, -0.15) is 0 Å². The van der Waals surface area contributed by atoms with E-state index in [0.29, 0.717) is 6.54 Å². The molecule has 0 unspecified atom stereocenters. The van der Waals surface area contributed by atoms with Crippen LogP contribution in [-0.2, 0) is 4.79 Å². The highest BCUT2D eigenvalue weighted by Crippen LogP contribution is 2.25. The second-order valence-electron chi connectivity index (χ2n) is 3.60. The van der Waals surface area contributed by atoms with Gasteiger partial charge in [-0.25, -0.2) is 4.79 Å². The van der Waals surface area contributed by atoms with Crippen molar-refractivity contribution >= 4 is 33.7 Å². The molecule has 18 heavy (non-hydrogen) atoms. The number of nitrogens with zero attached hydrogens (tertiary/aromatic N) is 1. The summed E-state index contributed by atoms with van der Waals surface area (Å²) in [7, 11) is 0. The van der Waals surface area contributed by atoms with Gasteiger partial charge in [-0.3, -0.25) is 0 Å². The molecule has 0 bridgehead atoms. The maximum atomic E-state index is 10.5. The van der Waals surface area contributed by atoms with E-state index in [2.05, 4.69) is 26.8 Å². The fourth-order valence-corrected chi connectivity index (χ4v) is 2.00. The largest absolute Gasteiger partial charge is 0.478 e. The molecule has 0 fully saturated rings. The molecule has 0 aromatic heterocycles. The fourth-order valence-electron chi connectivity index (χ4n) is 1.50. The Hall–Kier alpha value is -1.73. The van der Waals surface area contributed by atoms with Crippen molar-refractivity contribution in [2.24, 2.45) is 0 Å². The molecule has 0 aliphatic heterocycles. The lowest BCUT2D eigenvalue weighted by atomic mass is 10.2. The Balaban J connectivity index is 2.98. The van der Waals surface area contributed by atoms with Crippen LogP contribution >= 0.6 is 15.9 Å². The Bertz CT molecular complexity index is 503. The van der Waals surface area contributed by atoms with Crippen LogP contribution in [0.5, 0.6) is 0 Å². The van der Waals surface area contributed by atoms with Crippen LogP contribution in [0, 0.1) is 12.3 Å². The van der Waals surface area contributed by atoms with Gasteiger partial charge in [0.25, 0.3) is 0 Å². The van der Waals surface area contributed by atoms with Crippen molar-refractivity contribution in [3.8, 4) is 12.3 Å². The van der Waals surface area contributed by atoms with Gasteiger partial charge in [0.15, 0.2) is 0 Å². The summed E-state index contributed by atoms with van der Waals surface area (Å²) in [6, 6.07) is 5.72. The number of anilines is 1. The van der Waals surface area contributed by atoms with E-state index < -0.39 is 5.97 Å². The summed E-state index contributed by atoms with van der Waals surface area (Å²) in [6.07, 6.45) is 7.97. The number of carbonyl (C=O) groups is 1. The molecule has 0 atom stereocenters. The summed E-state index contributed by atoms with van der Waals surface area (Å²) >= 11 is 3.42. The molecule has 94 valence electrons. The zero-order valence-electron chi connectivity index (χ0n) is 10.1. The molecule has 0 spiro atoms. The maximum Gasteiger partial charge on any atom is 0.328 e. The van der Waals surface area contributed by atoms with Gasteiger partial charge < -0.3 is 10.0 Å². The fraction of sp³-hybridized carbons (Fsp3) is 0.214. The van der Waals surface area contributed by atoms with E-state index in [9.17, 15) is 4.79 Å². The predicted octanol–water partition coefficient (Wildman–Crippen LogP) is 3.01. The minimum Gasteiger partial charge on any atom is -0.478 e. The van der Waals surface area contributed by atoms with Gasteiger partial charge >= 0.3 is 5.97 Å². The van der Waals surface area contributed by atoms with Gasteiger partial charge in [-0.05, 0) is 30.7 Å². The van der Waals surface area contributed by atoms with Crippen molar-refractivity contribution in [2.45, 2.75) is 6.92 Å². The Morgan fingerprint density at radius 1 is 1.61 bits per heavy atom. The summed E-state index contributed by atoms with van der Waals surface area (Å²) in [6.45, 7) is 3.40. The summed E-state index contributed by atoms with van der Waals surface area (Å²) in [5.41, 5.74) is 1.83. The Morgan fingerprint density at radius 2 is 2.33 bits per heavy atom. The standard InChI is InChI=1S/C14H14BrNO2/c1-3-9-16(4-2)12-7-5-11(13(15)10-12)6-8-14(17)18/h1,5-8,10H,4,9H2,2H3,(H,17,18)/b8-6+. The van der Waals surface area contributed by atoms with Gasteiger partial charge in [0.1, 0.15) is 0 Å². The van der Waals surface area contributed by atoms with E-state index in [1.807, 2.05) is 25.1 Å². The lowest BCUT2D eigenvalue weighted by molar-refractivity contribution is -0.131. The number of halogens is 1. The first-order valence-corrected chi connectivity index (χ1v) is 6.26. The van der Waals surface area contributed by atoms with Crippen LogP contribution in [0.25, 0.3) is 6.08 Å². The summed E-state index contributed by atoms with van der Waals surface area (Å²) in [5.74, 6) is 1.65. The molecular formula is C14H14BrNO2. The van der Waals surface area contributed by atoms with Gasteiger partial charge in [0, 0.05) is 22.8 Å². The lowest BCUT2D eigenvalue weighted by Gasteiger charge is -2.20. The molecule has 0 saturated heterocycles. The Kier molecular flexibility index (Phi) is 5.47. The third-order valence-corrected chi connectivity index (χ3v) is 3.11. The van der Waals surface area contributed by atoms with Crippen molar-refractivity contribution in [2.75, 3.05) is 18.0 Å². The average molecular weight is 308 g/mol. The first-order chi connectivity index (χ1) is 8.58. The third kappa shape index (κ3) is 3.94. The first kappa shape index (κ1) is 14.3. The molecule has 0 aliphatic rings. The molecule has 1 N–H and O–H groups in total. The predicted molar refractivity (Wildman–Crippen MR) is 77.5 cm³/mol. The number of terminal acetylenes is 1. The highest BCUT2D eigenvalue weighted by atomic mass is 79.9. The van der Waals surface area contributed by atoms with Crippen molar-refractivity contribution < 1.29 is 9.90 Å². The molecule has 1 rings (SSSR count). The van der Waals surface area contributed by atoms with Crippen molar-refractivity contribution in [3.05, 3.63) is 34.3 Å². The second-order valence-corrected chi connectivity index (χ2v) is 4.45. The third-order valence-electron chi connectivity index (χ3n) is 2.42. The molecule has 0 radical (unpaired) electrons. The van der Waals surface area contributed by atoms with Gasteiger partial charge in [-0.15, -0.1) is 6.42 Å². The Labute approximate surface area is 115 Å². The van der Waals surface area contributed by atoms with Gasteiger partial charge in [0.2, 0.25) is 0 Å². The SMILES string of the molecule is C#CCN(CC)c1ccc(/C=C/C(=O)O)c(Br)c1. The zero-order valence-corrected chi connectivity index (χ0v) is 11.6. The molecule has 3 nitrogen and oxygen atoms in total. The van der Waals surface area contributed by atoms with Crippen LogP contribution in [-0.4, -0.2) is 24.2 Å². The number of hydrogen-bond donors (Lipinski definition) is 1. The van der Waals surface area contributed by atoms with Crippen molar-refractivity contribution in [1.29, 1.82) is 0 Å². The quantitative estimate of drug-likeness (QED) is 0.671. The summed E-state index contributed by atoms with van der Waals surface area (Å²) in [5, 5.41) is 8.58. The number of carboxylic acids is 1. The number of carboxylic acid groups (broad SMARTS) is 1. The summed E-state index contributed by atoms with van der Waals surface area (Å²) in [4.78, 5) is 12.5. The average Bonchev–Trinajstić information content (AvgIpc) is 2.34. The van der Waals surface area contributed by atoms with E-state index in [0.717, 1.165) is 28.3 Å². The minimum atomic E-state index is -0.964. The van der Waals surface area contributed by atoms with Crippen LogP contribution in [0.2, 0.25) is 0 Å². The normalized spacial score (nSPS) is 10.3. The van der Waals surface area contributed by atoms with E-state index in [4.69, 9.17) is 11.5 Å². The smallest absolute Gasteiger partial charge is 0.328 e. The van der Waals surface area contributed by atoms with Gasteiger partial charge in [-0.1, -0.05) is 27.9 Å². The lowest BCUT2D eigenvalue weighted by Crippen LogP contribution is -2.22. The monoisotopic (exact) mass is 307 g/mol. The molecule has 1 aromatic carbocycles. The first-order valence-electron chi connectivity index (χ1n) is 5.47. The molecular weight excluding hydrogens is 294 g/mol. The minimum absolute atomic E-state index is 0.549. The van der Waals surface area contributed by atoms with Crippen molar-refractivity contribution in [1.82, 2.24) is 0 Å². The van der Waals surface area contributed by atoms with E-state index in [-0.39, 0.29) is 0 Å². The molecule has 0 heterocycles. The molecule has 0 aliphatic carbocycles. The van der Waals surface area contributed by atoms with Crippen LogP contribution in [0.1, 0.15) is 12.5 Å². The maximum absolute atomic E-state index is 10.5. The highest BCUT2D eigenvalue weighted by molar-refractivity contribution is 9.10. The molecule has 4 heteroatoms. The Morgan fingerprint density at radius 3 is 2.83 bits per heavy atom. The van der Waals surface area contributed by atoms with Crippen molar-refractivity contribution in [3.63, 3.8) is 0 Å². The number of aliphatic carboxylic acids is 1. The number of benzene rings is 1. The number of rotatable bonds is 5. The number of hydrogen-bond acceptors (Lipinski definition) is 2. The topological polar surface area (TPSA) is 40.5 Å². The van der Waals surface area contributed by atoms with Crippen LogP contribution in [0.15, 0.2) is 28.7 Å². The van der Waals surface area contributed by atoms with Gasteiger partial charge in [0.05, 0.1) is 6.54 Å². The molecule has 1 aromatic rings. The second kappa shape index (κ2) is 6.87. The molecule has 0 saturated carbocycles. The van der Waals surface area contributed by atoms with E-state index >= 15 is 0 Å². The van der Waals surface area contributed by atoms with E-state index in [1.54, 1.807) is 6.08 Å². The van der Waals surface area contributed by atoms with E-state index in [1.165, 1.54) is 0 Å².